The highest BCUT2D eigenvalue weighted by Crippen LogP contribution is 2.34. The lowest BCUT2D eigenvalue weighted by atomic mass is 9.93. The first-order valence-electron chi connectivity index (χ1n) is 11.1. The van der Waals surface area contributed by atoms with E-state index in [0.29, 0.717) is 44.2 Å². The third-order valence-corrected chi connectivity index (χ3v) is 6.05. The molecule has 1 aromatic heterocycles. The highest BCUT2D eigenvalue weighted by Gasteiger charge is 2.27. The number of ketones is 1. The first-order chi connectivity index (χ1) is 16.8. The summed E-state index contributed by atoms with van der Waals surface area (Å²) >= 11 is 6.18. The molecule has 0 saturated carbocycles. The Labute approximate surface area is 207 Å². The fraction of sp³-hybridized carbons (Fsp3) is 0.222. The number of aryl methyl sites for hydroxylation is 2. The first-order valence-corrected chi connectivity index (χ1v) is 11.4. The average Bonchev–Trinajstić information content (AvgIpc) is 3.23. The van der Waals surface area contributed by atoms with E-state index in [9.17, 15) is 9.18 Å². The molecule has 3 N–H and O–H groups in total. The number of carbonyl (C=O) groups excluding carboxylic acids is 1. The van der Waals surface area contributed by atoms with E-state index in [1.54, 1.807) is 49.5 Å². The van der Waals surface area contributed by atoms with Gasteiger partial charge in [-0.2, -0.15) is 0 Å². The second-order valence-corrected chi connectivity index (χ2v) is 8.70. The third kappa shape index (κ3) is 5.26. The van der Waals surface area contributed by atoms with Crippen molar-refractivity contribution in [2.24, 2.45) is 0 Å². The lowest BCUT2D eigenvalue weighted by Gasteiger charge is -2.22. The molecule has 0 aliphatic rings. The molecule has 6 nitrogen and oxygen atoms in total. The maximum atomic E-state index is 14.1. The van der Waals surface area contributed by atoms with Gasteiger partial charge in [-0.25, -0.2) is 4.39 Å². The molecular weight excluding hydrogens is 471 g/mol. The second-order valence-electron chi connectivity index (χ2n) is 8.26. The number of anilines is 1. The van der Waals surface area contributed by atoms with Gasteiger partial charge in [0.1, 0.15) is 30.0 Å². The minimum Gasteiger partial charge on any atom is -0.497 e. The van der Waals surface area contributed by atoms with Crippen LogP contribution in [0, 0.1) is 19.7 Å². The van der Waals surface area contributed by atoms with Gasteiger partial charge in [-0.3, -0.25) is 4.79 Å². The SMILES string of the molecule is COc1cc(NC(C(=O)c2c[nH]c3cc(F)c(C)cc23)c2ccc(Cl)cc2C)cc(OCCO)c1. The van der Waals surface area contributed by atoms with Crippen LogP contribution in [0.2, 0.25) is 5.02 Å². The van der Waals surface area contributed by atoms with E-state index in [4.69, 9.17) is 26.2 Å². The minimum absolute atomic E-state index is 0.122. The fourth-order valence-corrected chi connectivity index (χ4v) is 4.27. The molecule has 0 fully saturated rings. The van der Waals surface area contributed by atoms with Crippen molar-refractivity contribution in [3.63, 3.8) is 0 Å². The number of carbonyl (C=O) groups is 1. The molecule has 8 heteroatoms. The molecule has 35 heavy (non-hydrogen) atoms. The Hall–Kier alpha value is -3.55. The molecule has 1 unspecified atom stereocenters. The quantitative estimate of drug-likeness (QED) is 0.248. The number of H-pyrrole nitrogens is 1. The Morgan fingerprint density at radius 2 is 1.89 bits per heavy atom. The largest absolute Gasteiger partial charge is 0.497 e. The van der Waals surface area contributed by atoms with E-state index in [1.807, 2.05) is 13.0 Å². The maximum Gasteiger partial charge on any atom is 0.191 e. The number of halogens is 2. The van der Waals surface area contributed by atoms with Crippen LogP contribution in [0.1, 0.15) is 33.1 Å². The Morgan fingerprint density at radius 1 is 1.11 bits per heavy atom. The highest BCUT2D eigenvalue weighted by molar-refractivity contribution is 6.30. The van der Waals surface area contributed by atoms with E-state index in [2.05, 4.69) is 10.3 Å². The van der Waals surface area contributed by atoms with Crippen molar-refractivity contribution in [2.75, 3.05) is 25.6 Å². The number of benzene rings is 3. The lowest BCUT2D eigenvalue weighted by molar-refractivity contribution is 0.0971. The highest BCUT2D eigenvalue weighted by atomic mass is 35.5. The number of aliphatic hydroxyl groups excluding tert-OH is 1. The summed E-state index contributed by atoms with van der Waals surface area (Å²) in [6, 6.07) is 12.8. The van der Waals surface area contributed by atoms with E-state index in [-0.39, 0.29) is 24.8 Å². The van der Waals surface area contributed by atoms with Crippen LogP contribution in [0.4, 0.5) is 10.1 Å². The number of fused-ring (bicyclic) bond motifs is 1. The first kappa shape index (κ1) is 24.6. The van der Waals surface area contributed by atoms with Crippen LogP contribution in [0.25, 0.3) is 10.9 Å². The molecule has 1 atom stereocenters. The van der Waals surface area contributed by atoms with Gasteiger partial charge in [-0.15, -0.1) is 0 Å². The molecule has 1 heterocycles. The van der Waals surface area contributed by atoms with E-state index in [0.717, 1.165) is 11.1 Å². The third-order valence-electron chi connectivity index (χ3n) is 5.82. The van der Waals surface area contributed by atoms with Crippen LogP contribution < -0.4 is 14.8 Å². The summed E-state index contributed by atoms with van der Waals surface area (Å²) in [5, 5.41) is 13.7. The summed E-state index contributed by atoms with van der Waals surface area (Å²) in [6.45, 7) is 3.54. The predicted octanol–water partition coefficient (Wildman–Crippen LogP) is 5.99. The Balaban J connectivity index is 1.80. The molecule has 0 aliphatic heterocycles. The fourth-order valence-electron chi connectivity index (χ4n) is 4.04. The summed E-state index contributed by atoms with van der Waals surface area (Å²) in [7, 11) is 1.54. The zero-order valence-electron chi connectivity index (χ0n) is 19.6. The zero-order valence-corrected chi connectivity index (χ0v) is 20.4. The predicted molar refractivity (Wildman–Crippen MR) is 135 cm³/mol. The molecule has 182 valence electrons. The van der Waals surface area contributed by atoms with Crippen LogP contribution in [-0.2, 0) is 0 Å². The van der Waals surface area contributed by atoms with E-state index < -0.39 is 6.04 Å². The number of aromatic amines is 1. The van der Waals surface area contributed by atoms with Gasteiger partial charge in [0.25, 0.3) is 0 Å². The Morgan fingerprint density at radius 3 is 2.60 bits per heavy atom. The average molecular weight is 497 g/mol. The van der Waals surface area contributed by atoms with E-state index >= 15 is 0 Å². The van der Waals surface area contributed by atoms with Crippen molar-refractivity contribution in [3.05, 3.63) is 87.8 Å². The number of aromatic nitrogens is 1. The van der Waals surface area contributed by atoms with Crippen LogP contribution >= 0.6 is 11.6 Å². The zero-order chi connectivity index (χ0) is 25.1. The number of rotatable bonds is 9. The maximum absolute atomic E-state index is 14.1. The monoisotopic (exact) mass is 496 g/mol. The topological polar surface area (TPSA) is 83.6 Å². The van der Waals surface area contributed by atoms with Crippen molar-refractivity contribution in [1.29, 1.82) is 0 Å². The number of hydrogen-bond acceptors (Lipinski definition) is 5. The smallest absolute Gasteiger partial charge is 0.191 e. The number of methoxy groups -OCH3 is 1. The van der Waals surface area contributed by atoms with Gasteiger partial charge >= 0.3 is 0 Å². The number of nitrogens with one attached hydrogen (secondary N) is 2. The molecule has 0 bridgehead atoms. The number of hydrogen-bond donors (Lipinski definition) is 3. The molecule has 0 saturated heterocycles. The molecule has 0 spiro atoms. The van der Waals surface area contributed by atoms with Gasteiger partial charge in [0.2, 0.25) is 0 Å². The van der Waals surface area contributed by atoms with Gasteiger partial charge in [0, 0.05) is 51.6 Å². The summed E-state index contributed by atoms with van der Waals surface area (Å²) in [6.07, 6.45) is 1.60. The summed E-state index contributed by atoms with van der Waals surface area (Å²) in [4.78, 5) is 17.0. The van der Waals surface area contributed by atoms with Gasteiger partial charge in [0.15, 0.2) is 5.78 Å². The van der Waals surface area contributed by atoms with Gasteiger partial charge in [-0.05, 0) is 54.8 Å². The van der Waals surface area contributed by atoms with E-state index in [1.165, 1.54) is 13.2 Å². The molecule has 0 radical (unpaired) electrons. The Bertz CT molecular complexity index is 1390. The summed E-state index contributed by atoms with van der Waals surface area (Å²) < 4.78 is 25.0. The van der Waals surface area contributed by atoms with Crippen LogP contribution in [0.3, 0.4) is 0 Å². The van der Waals surface area contributed by atoms with Crippen molar-refractivity contribution in [3.8, 4) is 11.5 Å². The molecule has 3 aromatic carbocycles. The van der Waals surface area contributed by atoms with Crippen molar-refractivity contribution < 1.29 is 23.8 Å². The normalized spacial score (nSPS) is 11.9. The standard InChI is InChI=1S/C27H26ClFN2O4/c1-15-8-17(28)4-5-21(15)26(31-18-10-19(34-3)12-20(11-18)35-7-6-32)27(33)23-14-30-25-13-24(29)16(2)9-22(23)25/h4-5,8-14,26,30-32H,6-7H2,1-3H3. The minimum atomic E-state index is -0.783. The molecular formula is C27H26ClFN2O4. The molecule has 0 aliphatic carbocycles. The van der Waals surface area contributed by atoms with Gasteiger partial charge < -0.3 is 24.9 Å². The lowest BCUT2D eigenvalue weighted by Crippen LogP contribution is -2.22. The number of aliphatic hydroxyl groups is 1. The summed E-state index contributed by atoms with van der Waals surface area (Å²) in [5.41, 5.74) is 3.61. The van der Waals surface area contributed by atoms with Crippen molar-refractivity contribution >= 4 is 34.0 Å². The van der Waals surface area contributed by atoms with Crippen LogP contribution in [-0.4, -0.2) is 36.2 Å². The second kappa shape index (κ2) is 10.4. The van der Waals surface area contributed by atoms with Gasteiger partial charge in [-0.1, -0.05) is 17.7 Å². The molecule has 4 rings (SSSR count). The summed E-state index contributed by atoms with van der Waals surface area (Å²) in [5.74, 6) is 0.472. The number of ether oxygens (including phenoxy) is 2. The van der Waals surface area contributed by atoms with Crippen molar-refractivity contribution in [1.82, 2.24) is 4.98 Å². The van der Waals surface area contributed by atoms with Crippen LogP contribution in [0.5, 0.6) is 11.5 Å². The van der Waals surface area contributed by atoms with Crippen LogP contribution in [0.15, 0.2) is 54.7 Å². The number of Topliss-reactive ketones (excluding diaryl/α,β-unsaturated/α-hetero) is 1. The van der Waals surface area contributed by atoms with Crippen molar-refractivity contribution in [2.45, 2.75) is 19.9 Å². The molecule has 0 amide bonds. The Kier molecular flexibility index (Phi) is 7.28. The van der Waals surface area contributed by atoms with Gasteiger partial charge in [0.05, 0.1) is 13.7 Å². The molecule has 4 aromatic rings.